The maximum Gasteiger partial charge on any atom is 0.182 e. The first-order valence-corrected chi connectivity index (χ1v) is 7.29. The molecule has 0 bridgehead atoms. The van der Waals surface area contributed by atoms with E-state index in [1.165, 1.54) is 0 Å². The van der Waals surface area contributed by atoms with Gasteiger partial charge in [-0.05, 0) is 42.9 Å². The molecule has 1 aromatic heterocycles. The molecule has 104 valence electrons. The highest BCUT2D eigenvalue weighted by atomic mass is 35.5. The lowest BCUT2D eigenvalue weighted by atomic mass is 9.86. The van der Waals surface area contributed by atoms with E-state index in [4.69, 9.17) is 16.9 Å². The van der Waals surface area contributed by atoms with Crippen LogP contribution in [-0.4, -0.2) is 15.3 Å². The van der Waals surface area contributed by atoms with Crippen LogP contribution >= 0.6 is 11.6 Å². The van der Waals surface area contributed by atoms with Crippen molar-refractivity contribution in [3.63, 3.8) is 0 Å². The van der Waals surface area contributed by atoms with E-state index in [2.05, 4.69) is 4.98 Å². The number of hydrogen-bond donors (Lipinski definition) is 0. The van der Waals surface area contributed by atoms with Crippen LogP contribution in [0.15, 0.2) is 24.5 Å². The summed E-state index contributed by atoms with van der Waals surface area (Å²) in [7, 11) is 0. The number of halogens is 1. The minimum atomic E-state index is 0.159. The second kappa shape index (κ2) is 4.19. The van der Waals surface area contributed by atoms with E-state index in [0.29, 0.717) is 22.7 Å². The van der Waals surface area contributed by atoms with E-state index in [1.54, 1.807) is 29.1 Å². The van der Waals surface area contributed by atoms with Gasteiger partial charge in [-0.25, -0.2) is 4.98 Å². The molecule has 0 radical (unpaired) electrons. The van der Waals surface area contributed by atoms with Crippen LogP contribution in [0.5, 0.6) is 0 Å². The number of Topliss-reactive ketones (excluding diaryl/α,β-unsaturated/α-hetero) is 1. The van der Waals surface area contributed by atoms with Crippen LogP contribution < -0.4 is 0 Å². The van der Waals surface area contributed by atoms with Crippen LogP contribution in [0, 0.1) is 16.7 Å². The summed E-state index contributed by atoms with van der Waals surface area (Å²) in [6.45, 7) is 0. The van der Waals surface area contributed by atoms with Gasteiger partial charge in [0, 0.05) is 12.1 Å². The highest BCUT2D eigenvalue weighted by molar-refractivity contribution is 6.31. The third kappa shape index (κ3) is 1.89. The molecule has 0 aliphatic heterocycles. The van der Waals surface area contributed by atoms with Crippen molar-refractivity contribution in [1.82, 2.24) is 9.55 Å². The second-order valence-electron chi connectivity index (χ2n) is 5.96. The first kappa shape index (κ1) is 12.6. The molecule has 1 spiro atoms. The number of carbonyl (C=O) groups excluding carboxylic acids is 1. The molecule has 4 rings (SSSR count). The number of nitriles is 1. The minimum Gasteiger partial charge on any atom is -0.296 e. The monoisotopic (exact) mass is 297 g/mol. The maximum absolute atomic E-state index is 12.5. The number of fused-ring (bicyclic) bond motifs is 1. The van der Waals surface area contributed by atoms with Crippen LogP contribution in [0.1, 0.15) is 41.0 Å². The van der Waals surface area contributed by atoms with Gasteiger partial charge in [0.2, 0.25) is 0 Å². The third-order valence-corrected chi connectivity index (χ3v) is 4.81. The van der Waals surface area contributed by atoms with Crippen molar-refractivity contribution < 1.29 is 4.79 Å². The lowest BCUT2D eigenvalue weighted by Crippen LogP contribution is -2.23. The average Bonchev–Trinajstić information content (AvgIpc) is 3.05. The molecule has 1 fully saturated rings. The predicted octanol–water partition coefficient (Wildman–Crippen LogP) is 3.31. The summed E-state index contributed by atoms with van der Waals surface area (Å²) < 4.78 is 1.79. The first-order chi connectivity index (χ1) is 10.1. The number of carbonyl (C=O) groups is 1. The third-order valence-electron chi connectivity index (χ3n) is 4.49. The molecule has 5 heteroatoms. The number of aromatic nitrogens is 2. The van der Waals surface area contributed by atoms with Crippen molar-refractivity contribution in [3.8, 4) is 11.8 Å². The van der Waals surface area contributed by atoms with Gasteiger partial charge in [0.25, 0.3) is 0 Å². The van der Waals surface area contributed by atoms with Crippen molar-refractivity contribution in [2.24, 2.45) is 5.41 Å². The van der Waals surface area contributed by atoms with Crippen molar-refractivity contribution >= 4 is 17.4 Å². The summed E-state index contributed by atoms with van der Waals surface area (Å²) >= 11 is 6.08. The Morgan fingerprint density at radius 2 is 2.14 bits per heavy atom. The second-order valence-corrected chi connectivity index (χ2v) is 6.37. The predicted molar refractivity (Wildman–Crippen MR) is 77.6 cm³/mol. The van der Waals surface area contributed by atoms with E-state index in [1.807, 2.05) is 6.07 Å². The lowest BCUT2D eigenvalue weighted by Gasteiger charge is -2.20. The number of nitrogens with zero attached hydrogens (tertiary/aromatic N) is 3. The first-order valence-electron chi connectivity index (χ1n) is 6.91. The number of hydrogen-bond acceptors (Lipinski definition) is 3. The molecule has 1 aromatic carbocycles. The van der Waals surface area contributed by atoms with Crippen molar-refractivity contribution in [1.29, 1.82) is 5.26 Å². The quantitative estimate of drug-likeness (QED) is 0.811. The van der Waals surface area contributed by atoms with E-state index in [0.717, 1.165) is 30.6 Å². The zero-order valence-electron chi connectivity index (χ0n) is 11.3. The number of ketones is 1. The molecule has 0 saturated heterocycles. The summed E-state index contributed by atoms with van der Waals surface area (Å²) in [5.41, 5.74) is 2.97. The minimum absolute atomic E-state index is 0.159. The normalized spacial score (nSPS) is 18.4. The molecule has 21 heavy (non-hydrogen) atoms. The molecule has 2 aliphatic rings. The van der Waals surface area contributed by atoms with Crippen LogP contribution in [0.25, 0.3) is 5.69 Å². The topological polar surface area (TPSA) is 58.7 Å². The molecule has 4 nitrogen and oxygen atoms in total. The zero-order chi connectivity index (χ0) is 14.6. The van der Waals surface area contributed by atoms with Crippen molar-refractivity contribution in [2.45, 2.75) is 25.7 Å². The van der Waals surface area contributed by atoms with Crippen LogP contribution in [0.3, 0.4) is 0 Å². The molecule has 0 N–H and O–H groups in total. The molecule has 2 aromatic rings. The molecule has 0 unspecified atom stereocenters. The maximum atomic E-state index is 12.5. The van der Waals surface area contributed by atoms with Crippen LogP contribution in [-0.2, 0) is 6.42 Å². The smallest absolute Gasteiger partial charge is 0.182 e. The Morgan fingerprint density at radius 1 is 1.33 bits per heavy atom. The van der Waals surface area contributed by atoms with Crippen molar-refractivity contribution in [3.05, 3.63) is 46.5 Å². The molecular weight excluding hydrogens is 286 g/mol. The van der Waals surface area contributed by atoms with E-state index in [-0.39, 0.29) is 11.2 Å². The Kier molecular flexibility index (Phi) is 2.51. The molecule has 0 atom stereocenters. The molecular formula is C16H12ClN3O. The molecule has 1 heterocycles. The highest BCUT2D eigenvalue weighted by Gasteiger charge is 2.49. The summed E-state index contributed by atoms with van der Waals surface area (Å²) in [5.74, 6) is 0.159. The van der Waals surface area contributed by atoms with E-state index < -0.39 is 0 Å². The van der Waals surface area contributed by atoms with Crippen molar-refractivity contribution in [2.75, 3.05) is 0 Å². The van der Waals surface area contributed by atoms with Gasteiger partial charge < -0.3 is 0 Å². The summed E-state index contributed by atoms with van der Waals surface area (Å²) in [6, 6.07) is 7.20. The van der Waals surface area contributed by atoms with Gasteiger partial charge in [-0.2, -0.15) is 5.26 Å². The Hall–Kier alpha value is -2.12. The summed E-state index contributed by atoms with van der Waals surface area (Å²) in [4.78, 5) is 16.9. The largest absolute Gasteiger partial charge is 0.296 e. The fraction of sp³-hybridized carbons (Fsp3) is 0.312. The van der Waals surface area contributed by atoms with Gasteiger partial charge in [0.05, 0.1) is 16.3 Å². The molecule has 1 saturated carbocycles. The molecule has 2 aliphatic carbocycles. The van der Waals surface area contributed by atoms with Gasteiger partial charge in [0.15, 0.2) is 5.78 Å². The fourth-order valence-corrected chi connectivity index (χ4v) is 3.34. The van der Waals surface area contributed by atoms with Crippen LogP contribution in [0.2, 0.25) is 5.02 Å². The standard InChI is InChI=1S/C16H12ClN3O/c17-12-5-11(2-1-10(12)8-18)20-9-19-13-6-16(3-4-16)7-14(21)15(13)20/h1-2,5,9H,3-4,6-7H2. The zero-order valence-corrected chi connectivity index (χ0v) is 12.0. The number of benzene rings is 1. The number of rotatable bonds is 1. The Morgan fingerprint density at radius 3 is 2.81 bits per heavy atom. The Bertz CT molecular complexity index is 811. The van der Waals surface area contributed by atoms with E-state index >= 15 is 0 Å². The fourth-order valence-electron chi connectivity index (χ4n) is 3.12. The summed E-state index contributed by atoms with van der Waals surface area (Å²) in [6.07, 6.45) is 5.46. The van der Waals surface area contributed by atoms with Gasteiger partial charge in [-0.3, -0.25) is 9.36 Å². The van der Waals surface area contributed by atoms with Gasteiger partial charge in [-0.15, -0.1) is 0 Å². The number of imidazole rings is 1. The Labute approximate surface area is 127 Å². The van der Waals surface area contributed by atoms with Crippen LogP contribution in [0.4, 0.5) is 0 Å². The average molecular weight is 298 g/mol. The highest BCUT2D eigenvalue weighted by Crippen LogP contribution is 2.54. The van der Waals surface area contributed by atoms with E-state index in [9.17, 15) is 4.79 Å². The van der Waals surface area contributed by atoms with Gasteiger partial charge in [0.1, 0.15) is 18.1 Å². The molecule has 0 amide bonds. The van der Waals surface area contributed by atoms with Gasteiger partial charge >= 0.3 is 0 Å². The lowest BCUT2D eigenvalue weighted by molar-refractivity contribution is 0.0933. The summed E-state index contributed by atoms with van der Waals surface area (Å²) in [5, 5.41) is 9.32. The SMILES string of the molecule is N#Cc1ccc(-n2cnc3c2C(=O)CC2(CC2)C3)cc1Cl. The Balaban J connectivity index is 1.81. The van der Waals surface area contributed by atoms with Gasteiger partial charge in [-0.1, -0.05) is 11.6 Å².